The highest BCUT2D eigenvalue weighted by Gasteiger charge is 2.22. The zero-order valence-corrected chi connectivity index (χ0v) is 12.9. The minimum atomic E-state index is 0.537. The smallest absolute Gasteiger partial charge is 0.178 e. The first-order valence-corrected chi connectivity index (χ1v) is 8.38. The second-order valence-corrected chi connectivity index (χ2v) is 6.90. The molecular weight excluding hydrogens is 270 g/mol. The lowest BCUT2D eigenvalue weighted by Gasteiger charge is -2.29. The van der Waals surface area contributed by atoms with Gasteiger partial charge >= 0.3 is 0 Å². The molecule has 1 fully saturated rings. The van der Waals surface area contributed by atoms with Crippen molar-refractivity contribution in [3.8, 4) is 0 Å². The number of aromatic nitrogens is 4. The summed E-state index contributed by atoms with van der Waals surface area (Å²) in [6.07, 6.45) is 5.14. The minimum Gasteiger partial charge on any atom is -0.366 e. The quantitative estimate of drug-likeness (QED) is 0.938. The Kier molecular flexibility index (Phi) is 4.10. The summed E-state index contributed by atoms with van der Waals surface area (Å²) in [5.74, 6) is 2.96. The summed E-state index contributed by atoms with van der Waals surface area (Å²) in [6, 6.07) is 4.51. The van der Waals surface area contributed by atoms with E-state index in [4.69, 9.17) is 0 Å². The molecule has 0 radical (unpaired) electrons. The number of hydrogen-bond donors (Lipinski definition) is 1. The van der Waals surface area contributed by atoms with E-state index in [0.29, 0.717) is 6.04 Å². The Bertz CT molecular complexity index is 580. The van der Waals surface area contributed by atoms with Crippen molar-refractivity contribution < 1.29 is 0 Å². The molecule has 0 unspecified atom stereocenters. The lowest BCUT2D eigenvalue weighted by molar-refractivity contribution is 0.472. The van der Waals surface area contributed by atoms with E-state index >= 15 is 0 Å². The van der Waals surface area contributed by atoms with Gasteiger partial charge in [0.2, 0.25) is 0 Å². The normalized spacial score (nSPS) is 23.1. The van der Waals surface area contributed by atoms with E-state index in [0.717, 1.165) is 22.5 Å². The Labute approximate surface area is 123 Å². The molecule has 20 heavy (non-hydrogen) atoms. The van der Waals surface area contributed by atoms with E-state index < -0.39 is 0 Å². The maximum Gasteiger partial charge on any atom is 0.178 e. The van der Waals surface area contributed by atoms with Gasteiger partial charge in [0.05, 0.1) is 0 Å². The van der Waals surface area contributed by atoms with E-state index in [1.54, 1.807) is 4.52 Å². The summed E-state index contributed by atoms with van der Waals surface area (Å²) in [6.45, 7) is 4.16. The van der Waals surface area contributed by atoms with Gasteiger partial charge in [0.15, 0.2) is 11.5 Å². The molecule has 5 nitrogen and oxygen atoms in total. The molecule has 2 aromatic heterocycles. The molecule has 3 rings (SSSR count). The van der Waals surface area contributed by atoms with Crippen LogP contribution in [0.3, 0.4) is 0 Å². The highest BCUT2D eigenvalue weighted by atomic mass is 32.2. The SMILES string of the molecule is CCS[C@@H]1CCC[C@@H](Nc2ccc3nnc(C)n3n2)C1. The number of anilines is 1. The van der Waals surface area contributed by atoms with Crippen LogP contribution in [-0.4, -0.2) is 36.9 Å². The van der Waals surface area contributed by atoms with Crippen LogP contribution in [-0.2, 0) is 0 Å². The van der Waals surface area contributed by atoms with Gasteiger partial charge < -0.3 is 5.32 Å². The largest absolute Gasteiger partial charge is 0.366 e. The number of hydrogen-bond acceptors (Lipinski definition) is 5. The Morgan fingerprint density at radius 2 is 2.25 bits per heavy atom. The highest BCUT2D eigenvalue weighted by molar-refractivity contribution is 7.99. The number of nitrogens with zero attached hydrogens (tertiary/aromatic N) is 4. The first-order chi connectivity index (χ1) is 9.76. The molecule has 6 heteroatoms. The van der Waals surface area contributed by atoms with Crippen LogP contribution in [0.4, 0.5) is 5.82 Å². The molecule has 1 N–H and O–H groups in total. The van der Waals surface area contributed by atoms with Gasteiger partial charge in [-0.25, -0.2) is 0 Å². The van der Waals surface area contributed by atoms with E-state index in [1.165, 1.54) is 31.4 Å². The molecule has 1 saturated carbocycles. The summed E-state index contributed by atoms with van der Waals surface area (Å²) in [5.41, 5.74) is 0.802. The Balaban J connectivity index is 1.70. The fourth-order valence-corrected chi connectivity index (χ4v) is 4.02. The first-order valence-electron chi connectivity index (χ1n) is 7.33. The topological polar surface area (TPSA) is 55.1 Å². The molecule has 2 heterocycles. The van der Waals surface area contributed by atoms with Crippen molar-refractivity contribution >= 4 is 23.2 Å². The average Bonchev–Trinajstić information content (AvgIpc) is 2.81. The van der Waals surface area contributed by atoms with Gasteiger partial charge in [-0.05, 0) is 44.1 Å². The maximum absolute atomic E-state index is 4.57. The second-order valence-electron chi connectivity index (χ2n) is 5.32. The standard InChI is InChI=1S/C14H21N5S/c1-3-20-12-6-4-5-11(9-12)15-13-7-8-14-17-16-10(2)19(14)18-13/h7-8,11-12H,3-6,9H2,1-2H3,(H,15,18)/t11-,12-/m1/s1. The molecule has 0 spiro atoms. The number of aryl methyl sites for hydroxylation is 1. The van der Waals surface area contributed by atoms with Crippen molar-refractivity contribution in [1.82, 2.24) is 19.8 Å². The molecule has 0 bridgehead atoms. The fraction of sp³-hybridized carbons (Fsp3) is 0.643. The second kappa shape index (κ2) is 5.99. The minimum absolute atomic E-state index is 0.537. The average molecular weight is 291 g/mol. The van der Waals surface area contributed by atoms with Crippen LogP contribution in [0.5, 0.6) is 0 Å². The fourth-order valence-electron chi connectivity index (χ4n) is 2.85. The van der Waals surface area contributed by atoms with E-state index in [1.807, 2.05) is 19.1 Å². The number of nitrogens with one attached hydrogen (secondary N) is 1. The third-order valence-corrected chi connectivity index (χ3v) is 5.03. The summed E-state index contributed by atoms with van der Waals surface area (Å²) < 4.78 is 1.80. The van der Waals surface area contributed by atoms with Crippen molar-refractivity contribution in [3.63, 3.8) is 0 Å². The van der Waals surface area contributed by atoms with Crippen LogP contribution in [0.1, 0.15) is 38.4 Å². The monoisotopic (exact) mass is 291 g/mol. The van der Waals surface area contributed by atoms with Gasteiger partial charge in [-0.3, -0.25) is 0 Å². The van der Waals surface area contributed by atoms with Crippen molar-refractivity contribution in [2.24, 2.45) is 0 Å². The van der Waals surface area contributed by atoms with Crippen LogP contribution in [0.25, 0.3) is 5.65 Å². The third-order valence-electron chi connectivity index (χ3n) is 3.80. The zero-order valence-electron chi connectivity index (χ0n) is 12.0. The summed E-state index contributed by atoms with van der Waals surface area (Å²) in [7, 11) is 0. The van der Waals surface area contributed by atoms with Crippen LogP contribution < -0.4 is 5.32 Å². The number of fused-ring (bicyclic) bond motifs is 1. The van der Waals surface area contributed by atoms with Crippen molar-refractivity contribution in [2.75, 3.05) is 11.1 Å². The maximum atomic E-state index is 4.57. The lowest BCUT2D eigenvalue weighted by atomic mass is 9.95. The zero-order chi connectivity index (χ0) is 13.9. The predicted molar refractivity (Wildman–Crippen MR) is 83.3 cm³/mol. The molecule has 108 valence electrons. The highest BCUT2D eigenvalue weighted by Crippen LogP contribution is 2.29. The van der Waals surface area contributed by atoms with E-state index in [9.17, 15) is 0 Å². The number of thioether (sulfide) groups is 1. The van der Waals surface area contributed by atoms with Gasteiger partial charge in [0, 0.05) is 11.3 Å². The van der Waals surface area contributed by atoms with Crippen molar-refractivity contribution in [2.45, 2.75) is 50.8 Å². The molecule has 0 aromatic carbocycles. The summed E-state index contributed by atoms with van der Waals surface area (Å²) >= 11 is 2.09. The van der Waals surface area contributed by atoms with E-state index in [2.05, 4.69) is 39.3 Å². The molecule has 0 aliphatic heterocycles. The molecule has 0 saturated heterocycles. The predicted octanol–water partition coefficient (Wildman–Crippen LogP) is 2.91. The van der Waals surface area contributed by atoms with Crippen molar-refractivity contribution in [3.05, 3.63) is 18.0 Å². The van der Waals surface area contributed by atoms with Crippen LogP contribution >= 0.6 is 11.8 Å². The first kappa shape index (κ1) is 13.7. The molecule has 2 atom stereocenters. The Hall–Kier alpha value is -1.30. The Morgan fingerprint density at radius 3 is 3.10 bits per heavy atom. The van der Waals surface area contributed by atoms with Gasteiger partial charge in [-0.15, -0.1) is 15.3 Å². The summed E-state index contributed by atoms with van der Waals surface area (Å²) in [5, 5.41) is 17.1. The van der Waals surface area contributed by atoms with Crippen molar-refractivity contribution in [1.29, 1.82) is 0 Å². The van der Waals surface area contributed by atoms with Crippen LogP contribution in [0.15, 0.2) is 12.1 Å². The molecule has 1 aliphatic carbocycles. The molecule has 1 aliphatic rings. The van der Waals surface area contributed by atoms with Crippen LogP contribution in [0, 0.1) is 6.92 Å². The molecular formula is C14H21N5S. The Morgan fingerprint density at radius 1 is 1.35 bits per heavy atom. The number of rotatable bonds is 4. The van der Waals surface area contributed by atoms with Gasteiger partial charge in [-0.1, -0.05) is 13.3 Å². The van der Waals surface area contributed by atoms with Gasteiger partial charge in [-0.2, -0.15) is 16.3 Å². The summed E-state index contributed by atoms with van der Waals surface area (Å²) in [4.78, 5) is 0. The molecule has 2 aromatic rings. The van der Waals surface area contributed by atoms with Crippen LogP contribution in [0.2, 0.25) is 0 Å². The van der Waals surface area contributed by atoms with E-state index in [-0.39, 0.29) is 0 Å². The lowest BCUT2D eigenvalue weighted by Crippen LogP contribution is -2.29. The van der Waals surface area contributed by atoms with Gasteiger partial charge in [0.25, 0.3) is 0 Å². The third kappa shape index (κ3) is 2.90. The van der Waals surface area contributed by atoms with Gasteiger partial charge in [0.1, 0.15) is 5.82 Å². The molecule has 0 amide bonds.